The second-order valence-electron chi connectivity index (χ2n) is 5.44. The van der Waals surface area contributed by atoms with Gasteiger partial charge in [0.1, 0.15) is 0 Å². The van der Waals surface area contributed by atoms with Crippen molar-refractivity contribution in [2.24, 2.45) is 0 Å². The molecule has 0 fully saturated rings. The Kier molecular flexibility index (Phi) is 6.68. The highest BCUT2D eigenvalue weighted by Gasteiger charge is 2.22. The normalized spacial score (nSPS) is 13.3. The highest BCUT2D eigenvalue weighted by Crippen LogP contribution is 2.25. The minimum Gasteiger partial charge on any atom is -0.408 e. The van der Waals surface area contributed by atoms with Gasteiger partial charge in [-0.15, -0.1) is 5.10 Å². The molecule has 1 amide bonds. The molecular weight excluding hydrogens is 315 g/mol. The highest BCUT2D eigenvalue weighted by atomic mass is 19.1. The first-order valence-electron chi connectivity index (χ1n) is 7.82. The number of nitrogens with zero attached hydrogens (tertiary/aromatic N) is 3. The van der Waals surface area contributed by atoms with Crippen LogP contribution in [0.2, 0.25) is 0 Å². The molecule has 2 unspecified atom stereocenters. The van der Waals surface area contributed by atoms with Gasteiger partial charge >= 0.3 is 6.01 Å². The van der Waals surface area contributed by atoms with E-state index >= 15 is 0 Å². The quantitative estimate of drug-likeness (QED) is 0.393. The molecule has 2 atom stereocenters. The fourth-order valence-corrected chi connectivity index (χ4v) is 2.24. The summed E-state index contributed by atoms with van der Waals surface area (Å²) >= 11 is 0. The molecule has 0 radical (unpaired) electrons. The van der Waals surface area contributed by atoms with E-state index in [0.29, 0.717) is 24.3 Å². The smallest absolute Gasteiger partial charge is 0.320 e. The van der Waals surface area contributed by atoms with Crippen LogP contribution in [-0.2, 0) is 4.79 Å². The molecule has 0 aliphatic rings. The van der Waals surface area contributed by atoms with Crippen LogP contribution >= 0.6 is 0 Å². The van der Waals surface area contributed by atoms with Crippen LogP contribution in [0.1, 0.15) is 38.0 Å². The summed E-state index contributed by atoms with van der Waals surface area (Å²) in [6.45, 7) is 1.73. The van der Waals surface area contributed by atoms with Crippen LogP contribution in [-0.4, -0.2) is 39.6 Å². The Morgan fingerprint density at radius 1 is 1.33 bits per heavy atom. The molecule has 0 bridgehead atoms. The van der Waals surface area contributed by atoms with Gasteiger partial charge in [-0.2, -0.15) is 0 Å². The van der Waals surface area contributed by atoms with Gasteiger partial charge in [0.15, 0.2) is 0 Å². The summed E-state index contributed by atoms with van der Waals surface area (Å²) < 4.78 is 19.0. The van der Waals surface area contributed by atoms with Crippen molar-refractivity contribution in [2.75, 3.05) is 11.9 Å². The first-order valence-corrected chi connectivity index (χ1v) is 7.82. The lowest BCUT2D eigenvalue weighted by atomic mass is 10.0. The molecule has 2 N–H and O–H groups in total. The van der Waals surface area contributed by atoms with E-state index in [9.17, 15) is 14.4 Å². The van der Waals surface area contributed by atoms with E-state index in [1.165, 1.54) is 0 Å². The summed E-state index contributed by atoms with van der Waals surface area (Å²) in [6.07, 6.45) is 0.429. The van der Waals surface area contributed by atoms with Gasteiger partial charge in [0, 0.05) is 5.69 Å². The van der Waals surface area contributed by atoms with E-state index in [2.05, 4.69) is 15.5 Å². The van der Waals surface area contributed by atoms with Crippen molar-refractivity contribution in [1.29, 1.82) is 0 Å². The number of nitrogens with one attached hydrogen (secondary N) is 1. The summed E-state index contributed by atoms with van der Waals surface area (Å²) in [4.78, 5) is 10.6. The number of alkyl halides is 1. The molecular formula is C16H21FN4O3. The average molecular weight is 336 g/mol. The minimum atomic E-state index is -0.944. The maximum Gasteiger partial charge on any atom is 0.320 e. The van der Waals surface area contributed by atoms with Gasteiger partial charge in [0.25, 0.3) is 0 Å². The molecule has 2 rings (SSSR count). The second-order valence-corrected chi connectivity index (χ2v) is 5.44. The molecule has 7 nitrogen and oxygen atoms in total. The first-order chi connectivity index (χ1) is 11.6. The lowest BCUT2D eigenvalue weighted by molar-refractivity contribution is -0.151. The number of benzene rings is 1. The third-order valence-corrected chi connectivity index (χ3v) is 3.62. The molecule has 1 heterocycles. The Morgan fingerprint density at radius 3 is 2.75 bits per heavy atom. The van der Waals surface area contributed by atoms with Crippen molar-refractivity contribution < 1.29 is 18.8 Å². The van der Waals surface area contributed by atoms with Crippen molar-refractivity contribution in [3.05, 3.63) is 36.2 Å². The maximum atomic E-state index is 13.5. The number of halogens is 1. The van der Waals surface area contributed by atoms with Gasteiger partial charge in [-0.25, -0.2) is 9.45 Å². The molecule has 24 heavy (non-hydrogen) atoms. The average Bonchev–Trinajstić information content (AvgIpc) is 3.07. The number of aromatic nitrogens is 2. The molecule has 1 aromatic heterocycles. The number of para-hydroxylation sites is 1. The number of amides is 1. The zero-order valence-electron chi connectivity index (χ0n) is 13.4. The molecule has 0 aliphatic carbocycles. The van der Waals surface area contributed by atoms with Crippen LogP contribution in [0.25, 0.3) is 0 Å². The fraction of sp³-hybridized carbons (Fsp3) is 0.438. The molecule has 130 valence electrons. The number of hydrogen-bond acceptors (Lipinski definition) is 6. The van der Waals surface area contributed by atoms with E-state index in [4.69, 9.17) is 4.42 Å². The van der Waals surface area contributed by atoms with Crippen LogP contribution in [0.3, 0.4) is 0 Å². The van der Waals surface area contributed by atoms with E-state index in [1.54, 1.807) is 6.92 Å². The van der Waals surface area contributed by atoms with Gasteiger partial charge < -0.3 is 9.73 Å². The lowest BCUT2D eigenvalue weighted by Gasteiger charge is -2.17. The lowest BCUT2D eigenvalue weighted by Crippen LogP contribution is -2.24. The van der Waals surface area contributed by atoms with Crippen LogP contribution in [0.4, 0.5) is 16.1 Å². The Morgan fingerprint density at radius 2 is 2.08 bits per heavy atom. The predicted octanol–water partition coefficient (Wildman–Crippen LogP) is 3.27. The van der Waals surface area contributed by atoms with Gasteiger partial charge in [-0.3, -0.25) is 10.0 Å². The van der Waals surface area contributed by atoms with Crippen LogP contribution < -0.4 is 5.32 Å². The molecule has 0 saturated heterocycles. The number of carbonyl (C=O) groups excluding carboxylic acids is 1. The van der Waals surface area contributed by atoms with Gasteiger partial charge in [0.05, 0.1) is 18.6 Å². The Labute approximate surface area is 139 Å². The molecule has 8 heteroatoms. The van der Waals surface area contributed by atoms with Crippen molar-refractivity contribution in [3.8, 4) is 0 Å². The number of anilines is 2. The van der Waals surface area contributed by atoms with Crippen molar-refractivity contribution in [2.45, 2.75) is 38.3 Å². The molecule has 0 spiro atoms. The van der Waals surface area contributed by atoms with Gasteiger partial charge in [-0.05, 0) is 31.4 Å². The van der Waals surface area contributed by atoms with E-state index < -0.39 is 12.1 Å². The molecule has 0 saturated carbocycles. The largest absolute Gasteiger partial charge is 0.408 e. The zero-order chi connectivity index (χ0) is 17.4. The summed E-state index contributed by atoms with van der Waals surface area (Å²) in [5, 5.41) is 20.7. The standard InChI is InChI=1S/C16H21FN4O3/c1-2-13(17)9-8-12(10-21(23)11-22)15-19-20-16(24-15)18-14-6-4-3-5-7-14/h3-7,11-13,23H,2,8-10H2,1H3,(H,18,20). The van der Waals surface area contributed by atoms with Gasteiger partial charge in [0.2, 0.25) is 12.3 Å². The third kappa shape index (κ3) is 5.31. The summed E-state index contributed by atoms with van der Waals surface area (Å²) in [6, 6.07) is 9.50. The zero-order valence-corrected chi connectivity index (χ0v) is 13.4. The molecule has 0 aliphatic heterocycles. The number of hydrogen-bond donors (Lipinski definition) is 2. The third-order valence-electron chi connectivity index (χ3n) is 3.62. The first kappa shape index (κ1) is 17.9. The summed E-state index contributed by atoms with van der Waals surface area (Å²) in [7, 11) is 0. The summed E-state index contributed by atoms with van der Waals surface area (Å²) in [5.41, 5.74) is 0.788. The minimum absolute atomic E-state index is 0.0348. The van der Waals surface area contributed by atoms with Crippen LogP contribution in [0, 0.1) is 0 Å². The van der Waals surface area contributed by atoms with E-state index in [1.807, 2.05) is 30.3 Å². The second kappa shape index (κ2) is 8.97. The fourth-order valence-electron chi connectivity index (χ4n) is 2.24. The summed E-state index contributed by atoms with van der Waals surface area (Å²) in [5.74, 6) is -0.193. The Hall–Kier alpha value is -2.48. The van der Waals surface area contributed by atoms with E-state index in [-0.39, 0.29) is 24.9 Å². The SMILES string of the molecule is CCC(F)CCC(CN(O)C=O)c1nnc(Nc2ccccc2)o1. The van der Waals surface area contributed by atoms with Crippen molar-refractivity contribution in [1.82, 2.24) is 15.3 Å². The topological polar surface area (TPSA) is 91.5 Å². The molecule has 1 aromatic carbocycles. The predicted molar refractivity (Wildman–Crippen MR) is 85.7 cm³/mol. The van der Waals surface area contributed by atoms with Gasteiger partial charge in [-0.1, -0.05) is 30.2 Å². The van der Waals surface area contributed by atoms with Crippen molar-refractivity contribution in [3.63, 3.8) is 0 Å². The van der Waals surface area contributed by atoms with Crippen LogP contribution in [0.15, 0.2) is 34.7 Å². The Balaban J connectivity index is 2.06. The van der Waals surface area contributed by atoms with Crippen molar-refractivity contribution >= 4 is 18.1 Å². The van der Waals surface area contributed by atoms with E-state index in [0.717, 1.165) is 5.69 Å². The Bertz CT molecular complexity index is 623. The number of hydroxylamine groups is 2. The number of rotatable bonds is 10. The van der Waals surface area contributed by atoms with Crippen LogP contribution in [0.5, 0.6) is 0 Å². The molecule has 2 aromatic rings. The monoisotopic (exact) mass is 336 g/mol. The number of carbonyl (C=O) groups is 1. The maximum absolute atomic E-state index is 13.5. The highest BCUT2D eigenvalue weighted by molar-refractivity contribution is 5.51.